The van der Waals surface area contributed by atoms with Crippen LogP contribution in [0.2, 0.25) is 0 Å². The lowest BCUT2D eigenvalue weighted by Gasteiger charge is -2.22. The standard InChI is InChI=1S/C37H23F5N6/c1-47-17-5-3-7-27(47)29-21-11-9-19(43-21)20-10-12-22(44-20)30(28-8-4-6-18-48(28)2)24-14-16-26(46-24)31(25-15-13-23(29)45-25)32-33(38)35(40)37(42)36(41)34(32)39/h3-18H,1-2H3,(H,45,46)/p+1. The predicted molar refractivity (Wildman–Crippen MR) is 172 cm³/mol. The van der Waals surface area contributed by atoms with Crippen molar-refractivity contribution >= 4 is 28.3 Å². The first-order valence-corrected chi connectivity index (χ1v) is 14.9. The fourth-order valence-electron chi connectivity index (χ4n) is 6.28. The number of pyridine rings is 1. The van der Waals surface area contributed by atoms with Crippen LogP contribution in [-0.2, 0) is 7.05 Å². The van der Waals surface area contributed by atoms with E-state index in [-0.39, 0.29) is 17.0 Å². The summed E-state index contributed by atoms with van der Waals surface area (Å²) in [6.45, 7) is 0. The van der Waals surface area contributed by atoms with E-state index < -0.39 is 34.6 Å². The summed E-state index contributed by atoms with van der Waals surface area (Å²) >= 11 is 0. The van der Waals surface area contributed by atoms with Gasteiger partial charge in [0.25, 0.3) is 0 Å². The number of nitrogens with zero attached hydrogens (tertiary/aromatic N) is 4. The largest absolute Gasteiger partial charge is 0.354 e. The van der Waals surface area contributed by atoms with Crippen molar-refractivity contribution in [1.29, 1.82) is 0 Å². The number of aromatic nitrogens is 3. The van der Waals surface area contributed by atoms with Crippen molar-refractivity contribution in [3.05, 3.63) is 177 Å². The Morgan fingerprint density at radius 1 is 0.625 bits per heavy atom. The fraction of sp³-hybridized carbons (Fsp3) is 0.0541. The fourth-order valence-corrected chi connectivity index (χ4v) is 6.28. The number of fused-ring (bicyclic) bond motifs is 6. The molecule has 4 aliphatic rings. The van der Waals surface area contributed by atoms with E-state index in [2.05, 4.69) is 9.97 Å². The summed E-state index contributed by atoms with van der Waals surface area (Å²) in [6.07, 6.45) is 16.2. The van der Waals surface area contributed by atoms with Crippen molar-refractivity contribution in [3.8, 4) is 0 Å². The predicted octanol–water partition coefficient (Wildman–Crippen LogP) is 5.28. The van der Waals surface area contributed by atoms with E-state index in [4.69, 9.17) is 9.98 Å². The summed E-state index contributed by atoms with van der Waals surface area (Å²) in [5.74, 6) is -10.3. The number of benzene rings is 1. The van der Waals surface area contributed by atoms with Gasteiger partial charge < -0.3 is 14.9 Å². The third-order valence-electron chi connectivity index (χ3n) is 8.59. The van der Waals surface area contributed by atoms with Crippen LogP contribution in [0.15, 0.2) is 124 Å². The second-order valence-corrected chi connectivity index (χ2v) is 11.5. The molecule has 0 fully saturated rings. The van der Waals surface area contributed by atoms with E-state index in [1.807, 2.05) is 96.7 Å². The minimum absolute atomic E-state index is 0.00673. The van der Waals surface area contributed by atoms with E-state index in [0.29, 0.717) is 39.3 Å². The van der Waals surface area contributed by atoms with Crippen molar-refractivity contribution in [1.82, 2.24) is 14.9 Å². The van der Waals surface area contributed by atoms with Crippen molar-refractivity contribution in [3.63, 3.8) is 0 Å². The molecule has 6 nitrogen and oxygen atoms in total. The van der Waals surface area contributed by atoms with Crippen molar-refractivity contribution in [2.24, 2.45) is 17.0 Å². The molecule has 8 bridgehead atoms. The average Bonchev–Trinajstić information content (AvgIpc) is 3.91. The molecule has 0 unspecified atom stereocenters. The first-order chi connectivity index (χ1) is 23.2. The molecule has 0 amide bonds. The Labute approximate surface area is 270 Å². The van der Waals surface area contributed by atoms with Gasteiger partial charge in [-0.3, -0.25) is 0 Å². The van der Waals surface area contributed by atoms with Gasteiger partial charge in [-0.2, -0.15) is 0 Å². The monoisotopic (exact) mass is 647 g/mol. The number of hydrogen-bond donors (Lipinski definition) is 2. The summed E-state index contributed by atoms with van der Waals surface area (Å²) < 4.78 is 76.9. The van der Waals surface area contributed by atoms with Crippen LogP contribution in [-0.4, -0.2) is 33.3 Å². The van der Waals surface area contributed by atoms with Crippen LogP contribution < -0.4 is 15.3 Å². The zero-order chi connectivity index (χ0) is 33.3. The highest BCUT2D eigenvalue weighted by atomic mass is 19.2. The third-order valence-corrected chi connectivity index (χ3v) is 8.59. The molecule has 1 aromatic carbocycles. The lowest BCUT2D eigenvalue weighted by molar-refractivity contribution is -0.673. The van der Waals surface area contributed by atoms with Gasteiger partial charge in [-0.25, -0.2) is 36.5 Å². The Kier molecular flexibility index (Phi) is 6.72. The average molecular weight is 648 g/mol. The Hall–Kier alpha value is -6.10. The van der Waals surface area contributed by atoms with Crippen molar-refractivity contribution in [2.45, 2.75) is 0 Å². The van der Waals surface area contributed by atoms with Crippen molar-refractivity contribution in [2.75, 3.05) is 7.05 Å². The normalized spacial score (nSPS) is 18.2. The number of likely N-dealkylation sites (N-methyl/N-ethyl adjacent to an activating group) is 1. The van der Waals surface area contributed by atoms with Crippen LogP contribution in [0.4, 0.5) is 22.0 Å². The van der Waals surface area contributed by atoms with Gasteiger partial charge in [-0.05, 0) is 66.8 Å². The summed E-state index contributed by atoms with van der Waals surface area (Å²) in [7, 11) is 3.73. The second kappa shape index (κ2) is 11.0. The van der Waals surface area contributed by atoms with Crippen LogP contribution in [0.1, 0.15) is 22.6 Å². The van der Waals surface area contributed by atoms with Gasteiger partial charge in [0.2, 0.25) is 11.5 Å². The number of nitrogens with one attached hydrogen (secondary N) is 2. The van der Waals surface area contributed by atoms with Gasteiger partial charge >= 0.3 is 0 Å². The van der Waals surface area contributed by atoms with Gasteiger partial charge in [0.1, 0.15) is 7.05 Å². The van der Waals surface area contributed by atoms with Gasteiger partial charge in [-0.15, -0.1) is 0 Å². The molecular formula is C37H24F5N6+. The highest BCUT2D eigenvalue weighted by Crippen LogP contribution is 2.38. The van der Waals surface area contributed by atoms with Gasteiger partial charge in [-0.1, -0.05) is 6.08 Å². The molecule has 2 N–H and O–H groups in total. The smallest absolute Gasteiger partial charge is 0.216 e. The zero-order valence-electron chi connectivity index (χ0n) is 25.4. The molecule has 0 spiro atoms. The molecule has 0 saturated heterocycles. The SMILES string of the molecule is CN1C=CC=CC1=C1C2=NC(=C(c3c(F)c(F)c(F)c(F)c3F)c3ccc([nH]3)C(c3cccc[n+]3C)=c3ccc([nH]3)=C3C=CC1=N3)C=C2. The van der Waals surface area contributed by atoms with E-state index in [1.54, 1.807) is 18.2 Å². The molecule has 0 atom stereocenters. The molecule has 11 heteroatoms. The summed E-state index contributed by atoms with van der Waals surface area (Å²) in [4.78, 5) is 18.3. The maximum atomic E-state index is 15.6. The van der Waals surface area contributed by atoms with E-state index in [0.717, 1.165) is 16.7 Å². The minimum Gasteiger partial charge on any atom is -0.354 e. The molecule has 0 aliphatic carbocycles. The second-order valence-electron chi connectivity index (χ2n) is 11.5. The molecule has 0 radical (unpaired) electrons. The van der Waals surface area contributed by atoms with Crippen molar-refractivity contribution < 1.29 is 26.5 Å². The maximum Gasteiger partial charge on any atom is 0.216 e. The van der Waals surface area contributed by atoms with E-state index >= 15 is 8.78 Å². The number of rotatable bonds is 2. The molecule has 8 rings (SSSR count). The molecular weight excluding hydrogens is 623 g/mol. The van der Waals surface area contributed by atoms with E-state index in [1.165, 1.54) is 6.08 Å². The number of allylic oxidation sites excluding steroid dienone is 7. The van der Waals surface area contributed by atoms with Crippen LogP contribution >= 0.6 is 0 Å². The Bertz CT molecular complexity index is 2450. The zero-order valence-corrected chi connectivity index (χ0v) is 25.4. The molecule has 0 saturated carbocycles. The van der Waals surface area contributed by atoms with Gasteiger partial charge in [0.05, 0.1) is 56.0 Å². The molecule has 4 aliphatic heterocycles. The van der Waals surface area contributed by atoms with E-state index in [9.17, 15) is 13.2 Å². The number of aromatic amines is 2. The first kappa shape index (κ1) is 29.3. The Morgan fingerprint density at radius 2 is 1.27 bits per heavy atom. The van der Waals surface area contributed by atoms with Gasteiger partial charge in [0, 0.05) is 42.2 Å². The molecule has 4 aromatic rings. The highest BCUT2D eigenvalue weighted by Gasteiger charge is 2.32. The summed E-state index contributed by atoms with van der Waals surface area (Å²) in [5, 5.41) is 1.44. The minimum atomic E-state index is -2.24. The number of aryl methyl sites for hydroxylation is 1. The highest BCUT2D eigenvalue weighted by molar-refractivity contribution is 6.34. The number of aliphatic imine (C=N–C) groups is 2. The molecule has 236 valence electrons. The quantitative estimate of drug-likeness (QED) is 0.132. The number of hydrogen-bond acceptors (Lipinski definition) is 3. The number of H-pyrrole nitrogens is 2. The lowest BCUT2D eigenvalue weighted by Crippen LogP contribution is -2.34. The van der Waals surface area contributed by atoms with Crippen LogP contribution in [0.3, 0.4) is 0 Å². The van der Waals surface area contributed by atoms with Gasteiger partial charge in [0.15, 0.2) is 29.5 Å². The Balaban J connectivity index is 1.52. The topological polar surface area (TPSA) is 63.4 Å². The molecule has 48 heavy (non-hydrogen) atoms. The lowest BCUT2D eigenvalue weighted by atomic mass is 9.98. The van der Waals surface area contributed by atoms with Crippen LogP contribution in [0.5, 0.6) is 0 Å². The Morgan fingerprint density at radius 3 is 1.98 bits per heavy atom. The molecule has 3 aromatic heterocycles. The number of halogens is 5. The summed E-state index contributed by atoms with van der Waals surface area (Å²) in [6, 6.07) is 12.7. The summed E-state index contributed by atoms with van der Waals surface area (Å²) in [5.41, 5.74) is 3.64. The first-order valence-electron chi connectivity index (χ1n) is 14.9. The maximum absolute atomic E-state index is 15.6. The molecule has 7 heterocycles. The third kappa shape index (κ3) is 4.49. The van der Waals surface area contributed by atoms with Crippen LogP contribution in [0.25, 0.3) is 16.8 Å². The van der Waals surface area contributed by atoms with Crippen LogP contribution in [0, 0.1) is 29.1 Å².